The van der Waals surface area contributed by atoms with Crippen LogP contribution < -0.4 is 10.6 Å². The van der Waals surface area contributed by atoms with Crippen LogP contribution in [0.5, 0.6) is 0 Å². The van der Waals surface area contributed by atoms with Crippen molar-refractivity contribution >= 4 is 11.8 Å². The second kappa shape index (κ2) is 5.49. The molecule has 1 saturated heterocycles. The summed E-state index contributed by atoms with van der Waals surface area (Å²) in [5.41, 5.74) is 0. The molecule has 2 unspecified atom stereocenters. The highest BCUT2D eigenvalue weighted by atomic mass is 16.3. The molecule has 3 atom stereocenters. The van der Waals surface area contributed by atoms with E-state index in [1.165, 1.54) is 0 Å². The van der Waals surface area contributed by atoms with Crippen LogP contribution in [-0.4, -0.2) is 36.1 Å². The molecule has 5 heteroatoms. The maximum atomic E-state index is 11.8. The molecular formula is C12H20N2O3. The number of amides is 2. The van der Waals surface area contributed by atoms with E-state index >= 15 is 0 Å². The molecule has 2 amide bonds. The van der Waals surface area contributed by atoms with Crippen LogP contribution in [-0.2, 0) is 9.59 Å². The number of carbonyl (C=O) groups excluding carboxylic acids is 2. The largest absolute Gasteiger partial charge is 0.396 e. The molecule has 1 aliphatic carbocycles. The highest BCUT2D eigenvalue weighted by molar-refractivity contribution is 5.90. The second-order valence-corrected chi connectivity index (χ2v) is 5.04. The van der Waals surface area contributed by atoms with E-state index in [2.05, 4.69) is 10.6 Å². The minimum Gasteiger partial charge on any atom is -0.396 e. The molecule has 2 rings (SSSR count). The fraction of sp³-hybridized carbons (Fsp3) is 0.833. The fourth-order valence-corrected chi connectivity index (χ4v) is 2.79. The summed E-state index contributed by atoms with van der Waals surface area (Å²) in [6, 6.07) is -0.350. The Morgan fingerprint density at radius 3 is 2.76 bits per heavy atom. The first-order valence-corrected chi connectivity index (χ1v) is 6.38. The Labute approximate surface area is 101 Å². The fourth-order valence-electron chi connectivity index (χ4n) is 2.79. The number of hydrogen-bond acceptors (Lipinski definition) is 3. The van der Waals surface area contributed by atoms with E-state index in [4.69, 9.17) is 0 Å². The van der Waals surface area contributed by atoms with Crippen LogP contribution in [0.25, 0.3) is 0 Å². The van der Waals surface area contributed by atoms with Crippen molar-refractivity contribution in [1.29, 1.82) is 0 Å². The molecule has 96 valence electrons. The zero-order chi connectivity index (χ0) is 12.3. The smallest absolute Gasteiger partial charge is 0.242 e. The van der Waals surface area contributed by atoms with Gasteiger partial charge in [-0.3, -0.25) is 9.59 Å². The quantitative estimate of drug-likeness (QED) is 0.636. The third-order valence-corrected chi connectivity index (χ3v) is 3.90. The van der Waals surface area contributed by atoms with Crippen molar-refractivity contribution in [1.82, 2.24) is 10.6 Å². The first kappa shape index (κ1) is 12.4. The van der Waals surface area contributed by atoms with Crippen LogP contribution in [0.1, 0.15) is 32.1 Å². The van der Waals surface area contributed by atoms with Crippen LogP contribution in [0, 0.1) is 11.8 Å². The normalized spacial score (nSPS) is 32.5. The maximum Gasteiger partial charge on any atom is 0.242 e. The van der Waals surface area contributed by atoms with Crippen LogP contribution in [0.2, 0.25) is 0 Å². The monoisotopic (exact) mass is 240 g/mol. The van der Waals surface area contributed by atoms with Crippen molar-refractivity contribution in [3.05, 3.63) is 0 Å². The van der Waals surface area contributed by atoms with Gasteiger partial charge >= 0.3 is 0 Å². The Morgan fingerprint density at radius 1 is 1.35 bits per heavy atom. The summed E-state index contributed by atoms with van der Waals surface area (Å²) in [6.07, 6.45) is 4.30. The van der Waals surface area contributed by atoms with E-state index in [1.807, 2.05) is 0 Å². The molecule has 0 aromatic carbocycles. The van der Waals surface area contributed by atoms with Crippen molar-refractivity contribution in [2.24, 2.45) is 11.8 Å². The molecule has 5 nitrogen and oxygen atoms in total. The summed E-state index contributed by atoms with van der Waals surface area (Å²) in [5, 5.41) is 14.7. The molecule has 3 N–H and O–H groups in total. The first-order chi connectivity index (χ1) is 8.20. The van der Waals surface area contributed by atoms with Crippen molar-refractivity contribution in [3.63, 3.8) is 0 Å². The number of carbonyl (C=O) groups is 2. The van der Waals surface area contributed by atoms with Gasteiger partial charge in [0, 0.05) is 19.6 Å². The van der Waals surface area contributed by atoms with Crippen molar-refractivity contribution in [2.45, 2.75) is 38.1 Å². The van der Waals surface area contributed by atoms with Gasteiger partial charge in [-0.05, 0) is 31.1 Å². The van der Waals surface area contributed by atoms with E-state index in [1.54, 1.807) is 0 Å². The highest BCUT2D eigenvalue weighted by Gasteiger charge is 2.30. The summed E-state index contributed by atoms with van der Waals surface area (Å²) in [4.78, 5) is 22.7. The van der Waals surface area contributed by atoms with Gasteiger partial charge in [0.25, 0.3) is 0 Å². The predicted molar refractivity (Wildman–Crippen MR) is 62.1 cm³/mol. The zero-order valence-electron chi connectivity index (χ0n) is 9.95. The van der Waals surface area contributed by atoms with E-state index in [9.17, 15) is 14.7 Å². The summed E-state index contributed by atoms with van der Waals surface area (Å²) >= 11 is 0. The van der Waals surface area contributed by atoms with Gasteiger partial charge in [0.1, 0.15) is 6.04 Å². The third kappa shape index (κ3) is 2.97. The van der Waals surface area contributed by atoms with E-state index in [0.29, 0.717) is 31.2 Å². The van der Waals surface area contributed by atoms with Crippen LogP contribution in [0.3, 0.4) is 0 Å². The van der Waals surface area contributed by atoms with Gasteiger partial charge in [0.15, 0.2) is 0 Å². The lowest BCUT2D eigenvalue weighted by Crippen LogP contribution is -2.43. The maximum absolute atomic E-state index is 11.8. The average Bonchev–Trinajstić information content (AvgIpc) is 2.94. The molecule has 0 aromatic rings. The molecule has 1 aliphatic heterocycles. The second-order valence-electron chi connectivity index (χ2n) is 5.04. The highest BCUT2D eigenvalue weighted by Crippen LogP contribution is 2.30. The number of rotatable bonds is 4. The number of hydrogen-bond donors (Lipinski definition) is 3. The first-order valence-electron chi connectivity index (χ1n) is 6.38. The Kier molecular flexibility index (Phi) is 3.99. The molecule has 0 radical (unpaired) electrons. The van der Waals surface area contributed by atoms with E-state index in [-0.39, 0.29) is 24.5 Å². The van der Waals surface area contributed by atoms with Gasteiger partial charge < -0.3 is 15.7 Å². The van der Waals surface area contributed by atoms with Gasteiger partial charge in [-0.15, -0.1) is 0 Å². The Balaban J connectivity index is 1.74. The molecule has 17 heavy (non-hydrogen) atoms. The number of aliphatic hydroxyl groups is 1. The summed E-state index contributed by atoms with van der Waals surface area (Å²) in [7, 11) is 0. The van der Waals surface area contributed by atoms with Crippen LogP contribution >= 0.6 is 0 Å². The minimum atomic E-state index is -0.350. The van der Waals surface area contributed by atoms with Crippen molar-refractivity contribution < 1.29 is 14.7 Å². The number of nitrogens with one attached hydrogen (secondary N) is 2. The molecule has 1 heterocycles. The Morgan fingerprint density at radius 2 is 2.12 bits per heavy atom. The average molecular weight is 240 g/mol. The van der Waals surface area contributed by atoms with E-state index < -0.39 is 0 Å². The predicted octanol–water partition coefficient (Wildman–Crippen LogP) is -0.210. The summed E-state index contributed by atoms with van der Waals surface area (Å²) < 4.78 is 0. The molecule has 2 aliphatic rings. The SMILES string of the molecule is O=C1CC[C@@H](C(=O)NCC2CCCC2CO)N1. The van der Waals surface area contributed by atoms with Gasteiger partial charge in [-0.2, -0.15) is 0 Å². The van der Waals surface area contributed by atoms with Gasteiger partial charge in [-0.25, -0.2) is 0 Å². The third-order valence-electron chi connectivity index (χ3n) is 3.90. The van der Waals surface area contributed by atoms with Crippen LogP contribution in [0.4, 0.5) is 0 Å². The molecule has 1 saturated carbocycles. The topological polar surface area (TPSA) is 78.4 Å². The van der Waals surface area contributed by atoms with Crippen molar-refractivity contribution in [3.8, 4) is 0 Å². The van der Waals surface area contributed by atoms with Crippen molar-refractivity contribution in [2.75, 3.05) is 13.2 Å². The summed E-state index contributed by atoms with van der Waals surface area (Å²) in [5.74, 6) is 0.591. The standard InChI is InChI=1S/C12H20N2O3/c15-7-9-3-1-2-8(9)6-13-12(17)10-4-5-11(16)14-10/h8-10,15H,1-7H2,(H,13,17)(H,14,16)/t8?,9?,10-/m0/s1. The molecule has 0 spiro atoms. The Bertz CT molecular complexity index is 306. The molecular weight excluding hydrogens is 220 g/mol. The van der Waals surface area contributed by atoms with Crippen LogP contribution in [0.15, 0.2) is 0 Å². The van der Waals surface area contributed by atoms with E-state index in [0.717, 1.165) is 19.3 Å². The minimum absolute atomic E-state index is 0.0424. The number of aliphatic hydroxyl groups excluding tert-OH is 1. The lowest BCUT2D eigenvalue weighted by atomic mass is 9.97. The molecule has 0 bridgehead atoms. The van der Waals surface area contributed by atoms with Gasteiger partial charge in [0.2, 0.25) is 11.8 Å². The summed E-state index contributed by atoms with van der Waals surface area (Å²) in [6.45, 7) is 0.830. The molecule has 2 fully saturated rings. The van der Waals surface area contributed by atoms with Gasteiger partial charge in [0.05, 0.1) is 0 Å². The lowest BCUT2D eigenvalue weighted by Gasteiger charge is -2.19. The Hall–Kier alpha value is -1.10. The zero-order valence-corrected chi connectivity index (χ0v) is 9.95. The molecule has 0 aromatic heterocycles. The lowest BCUT2D eigenvalue weighted by molar-refractivity contribution is -0.125. The van der Waals surface area contributed by atoms with Gasteiger partial charge in [-0.1, -0.05) is 6.42 Å².